The summed E-state index contributed by atoms with van der Waals surface area (Å²) in [4.78, 5) is 10.1. The first kappa shape index (κ1) is 16.6. The van der Waals surface area contributed by atoms with Crippen LogP contribution in [0.15, 0.2) is 0 Å². The summed E-state index contributed by atoms with van der Waals surface area (Å²) in [5.74, 6) is 2.42. The van der Waals surface area contributed by atoms with E-state index in [9.17, 15) is 4.89 Å². The van der Waals surface area contributed by atoms with E-state index in [0.717, 1.165) is 24.3 Å². The van der Waals surface area contributed by atoms with Crippen LogP contribution in [-0.2, 0) is 25.6 Å². The zero-order chi connectivity index (χ0) is 13.9. The molecule has 0 saturated carbocycles. The largest absolute Gasteiger partial charge is 0.381 e. The fourth-order valence-corrected chi connectivity index (χ4v) is 6.10. The molecule has 19 heavy (non-hydrogen) atoms. The van der Waals surface area contributed by atoms with Gasteiger partial charge in [0, 0.05) is 17.5 Å². The van der Waals surface area contributed by atoms with Crippen molar-refractivity contribution in [2.75, 3.05) is 18.1 Å². The molecule has 9 heteroatoms. The van der Waals surface area contributed by atoms with Gasteiger partial charge in [-0.2, -0.15) is 0 Å². The van der Waals surface area contributed by atoms with Crippen molar-refractivity contribution in [3.05, 3.63) is 0 Å². The van der Waals surface area contributed by atoms with E-state index in [0.29, 0.717) is 12.5 Å². The minimum atomic E-state index is -3.12. The molecule has 0 bridgehead atoms. The summed E-state index contributed by atoms with van der Waals surface area (Å²) in [6.07, 6.45) is 1.92. The van der Waals surface area contributed by atoms with Gasteiger partial charge in [0.05, 0.1) is 18.8 Å². The monoisotopic (exact) mass is 342 g/mol. The lowest BCUT2D eigenvalue weighted by Gasteiger charge is -2.26. The quantitative estimate of drug-likeness (QED) is 0.464. The summed E-state index contributed by atoms with van der Waals surface area (Å²) < 4.78 is 16.7. The normalized spacial score (nSPS) is 39.1. The molecule has 2 heterocycles. The molecule has 0 aliphatic carbocycles. The van der Waals surface area contributed by atoms with Crippen LogP contribution in [0.1, 0.15) is 19.8 Å². The van der Waals surface area contributed by atoms with Crippen LogP contribution in [0.4, 0.5) is 0 Å². The number of hydrogen-bond donors (Lipinski definition) is 1. The summed E-state index contributed by atoms with van der Waals surface area (Å²) in [7, 11) is 5.65. The highest BCUT2D eigenvalue weighted by Gasteiger charge is 2.31. The maximum atomic E-state index is 10.1. The second-order valence-corrected chi connectivity index (χ2v) is 10.5. The van der Waals surface area contributed by atoms with Gasteiger partial charge in [-0.15, -0.1) is 0 Å². The van der Waals surface area contributed by atoms with E-state index >= 15 is 0 Å². The van der Waals surface area contributed by atoms with Crippen molar-refractivity contribution in [3.63, 3.8) is 0 Å². The van der Waals surface area contributed by atoms with E-state index in [2.05, 4.69) is 14.8 Å². The smallest absolute Gasteiger partial charge is 0.324 e. The van der Waals surface area contributed by atoms with E-state index in [1.54, 1.807) is 10.8 Å². The molecular formula is C10H20BO4PS3. The van der Waals surface area contributed by atoms with E-state index in [1.165, 1.54) is 0 Å². The first-order valence-electron chi connectivity index (χ1n) is 6.52. The molecule has 1 N–H and O–H groups in total. The van der Waals surface area contributed by atoms with Crippen LogP contribution in [0.5, 0.6) is 0 Å². The molecule has 2 fully saturated rings. The maximum Gasteiger partial charge on any atom is 0.324 e. The maximum absolute atomic E-state index is 10.1. The third kappa shape index (κ3) is 5.51. The average Bonchev–Trinajstić information content (AvgIpc) is 2.67. The van der Waals surface area contributed by atoms with Crippen LogP contribution in [-0.4, -0.2) is 49.1 Å². The van der Waals surface area contributed by atoms with Gasteiger partial charge in [-0.25, -0.2) is 0 Å². The summed E-state index contributed by atoms with van der Waals surface area (Å²) in [6.45, 7) is -0.632. The van der Waals surface area contributed by atoms with Crippen LogP contribution in [0.3, 0.4) is 0 Å². The molecule has 2 rings (SSSR count). The van der Waals surface area contributed by atoms with Crippen LogP contribution in [0, 0.1) is 5.92 Å². The van der Waals surface area contributed by atoms with Gasteiger partial charge in [-0.1, -0.05) is 28.5 Å². The van der Waals surface area contributed by atoms with Crippen LogP contribution < -0.4 is 0 Å². The average molecular weight is 342 g/mol. The van der Waals surface area contributed by atoms with E-state index in [-0.39, 0.29) is 18.2 Å². The van der Waals surface area contributed by atoms with Crippen molar-refractivity contribution < 1.29 is 18.7 Å². The lowest BCUT2D eigenvalue weighted by atomic mass is 9.88. The lowest BCUT2D eigenvalue weighted by Crippen LogP contribution is -2.21. The van der Waals surface area contributed by atoms with Crippen molar-refractivity contribution in [1.82, 2.24) is 0 Å². The third-order valence-electron chi connectivity index (χ3n) is 3.41. The Bertz CT molecular complexity index is 333. The topological polar surface area (TPSA) is 47.9 Å². The minimum absolute atomic E-state index is 0.0180. The second-order valence-electron chi connectivity index (χ2n) is 5.06. The molecular weight excluding hydrogens is 322 g/mol. The molecule has 1 unspecified atom stereocenters. The van der Waals surface area contributed by atoms with Crippen LogP contribution in [0.25, 0.3) is 0 Å². The highest BCUT2D eigenvalue weighted by atomic mass is 33.1. The Labute approximate surface area is 128 Å². The number of rotatable bonds is 5. The summed E-state index contributed by atoms with van der Waals surface area (Å²) >= 11 is 5.07. The van der Waals surface area contributed by atoms with Crippen molar-refractivity contribution in [2.45, 2.75) is 38.0 Å². The molecule has 2 aliphatic rings. The van der Waals surface area contributed by atoms with Crippen molar-refractivity contribution in [2.24, 2.45) is 5.92 Å². The Morgan fingerprint density at radius 1 is 1.53 bits per heavy atom. The zero-order valence-corrected chi connectivity index (χ0v) is 14.5. The van der Waals surface area contributed by atoms with Gasteiger partial charge < -0.3 is 18.7 Å². The molecule has 5 atom stereocenters. The molecule has 0 aromatic carbocycles. The first-order valence-corrected chi connectivity index (χ1v) is 11.6. The molecule has 2 aliphatic heterocycles. The Morgan fingerprint density at radius 3 is 2.89 bits per heavy atom. The SMILES string of the molecule is B[C@@H]1O[C@H](COP(O)(=S)O[C@@H]2CCSSC2)C[C@@H]1C. The van der Waals surface area contributed by atoms with Crippen LogP contribution in [0.2, 0.25) is 0 Å². The summed E-state index contributed by atoms with van der Waals surface area (Å²) in [5.41, 5.74) is 0. The van der Waals surface area contributed by atoms with Gasteiger partial charge in [0.2, 0.25) is 0 Å². The molecule has 0 radical (unpaired) electrons. The van der Waals surface area contributed by atoms with Gasteiger partial charge in [-0.05, 0) is 30.6 Å². The van der Waals surface area contributed by atoms with Gasteiger partial charge in [0.25, 0.3) is 0 Å². The van der Waals surface area contributed by atoms with Gasteiger partial charge in [0.1, 0.15) is 7.85 Å². The van der Waals surface area contributed by atoms with Crippen molar-refractivity contribution in [1.29, 1.82) is 0 Å². The molecule has 2 saturated heterocycles. The Hall–Kier alpha value is 1.25. The fourth-order valence-electron chi connectivity index (χ4n) is 2.13. The van der Waals surface area contributed by atoms with Gasteiger partial charge in [0.15, 0.2) is 0 Å². The summed E-state index contributed by atoms with van der Waals surface area (Å²) in [5, 5.41) is 0. The highest BCUT2D eigenvalue weighted by molar-refractivity contribution is 8.76. The van der Waals surface area contributed by atoms with Gasteiger partial charge in [-0.3, -0.25) is 0 Å². The Balaban J connectivity index is 1.73. The third-order valence-corrected chi connectivity index (χ3v) is 7.51. The molecule has 0 amide bonds. The predicted molar refractivity (Wildman–Crippen MR) is 87.8 cm³/mol. The zero-order valence-electron chi connectivity index (χ0n) is 11.2. The molecule has 110 valence electrons. The highest BCUT2D eigenvalue weighted by Crippen LogP contribution is 2.48. The van der Waals surface area contributed by atoms with Gasteiger partial charge >= 0.3 is 6.72 Å². The lowest BCUT2D eigenvalue weighted by molar-refractivity contribution is 0.0376. The fraction of sp³-hybridized carbons (Fsp3) is 1.00. The number of hydrogen-bond acceptors (Lipinski definition) is 6. The first-order chi connectivity index (χ1) is 8.96. The predicted octanol–water partition coefficient (Wildman–Crippen LogP) is 1.77. The van der Waals surface area contributed by atoms with E-state index in [4.69, 9.17) is 25.6 Å². The standard InChI is InChI=1S/C10H20BO4PS3/c1-7-4-9(14-10(7)11)5-13-16(12,17)15-8-2-3-18-19-6-8/h7-10H,2-6,11H2,1H3,(H,12,17)/t7-,8+,9-,10+,16?/m0/s1. The summed E-state index contributed by atoms with van der Waals surface area (Å²) in [6, 6.07) is 0.248. The van der Waals surface area contributed by atoms with E-state index < -0.39 is 6.72 Å². The van der Waals surface area contributed by atoms with Crippen LogP contribution >= 0.6 is 28.3 Å². The van der Waals surface area contributed by atoms with E-state index in [1.807, 2.05) is 10.8 Å². The molecule has 0 spiro atoms. The Kier molecular flexibility index (Phi) is 6.56. The second kappa shape index (κ2) is 7.50. The molecule has 0 aromatic rings. The number of ether oxygens (including phenoxy) is 1. The minimum Gasteiger partial charge on any atom is -0.381 e. The van der Waals surface area contributed by atoms with Crippen molar-refractivity contribution in [3.8, 4) is 0 Å². The van der Waals surface area contributed by atoms with Crippen molar-refractivity contribution >= 4 is 48.0 Å². The molecule has 4 nitrogen and oxygen atoms in total. The molecule has 0 aromatic heterocycles. The Morgan fingerprint density at radius 2 is 2.32 bits per heavy atom.